The second-order valence-electron chi connectivity index (χ2n) is 4.14. The van der Waals surface area contributed by atoms with Crippen molar-refractivity contribution in [1.82, 2.24) is 0 Å². The van der Waals surface area contributed by atoms with Gasteiger partial charge in [0.25, 0.3) is 5.69 Å². The number of fused-ring (bicyclic) bond motifs is 1. The molecule has 5 heteroatoms. The van der Waals surface area contributed by atoms with Crippen LogP contribution < -0.4 is 0 Å². The normalized spacial score (nSPS) is 10.7. The van der Waals surface area contributed by atoms with Crippen molar-refractivity contribution in [1.29, 1.82) is 0 Å². The summed E-state index contributed by atoms with van der Waals surface area (Å²) in [5.41, 5.74) is 1.43. The Morgan fingerprint density at radius 3 is 2.47 bits per heavy atom. The Morgan fingerprint density at radius 2 is 1.79 bits per heavy atom. The standard InChI is InChI=1S/C14H9NO4/c16-12-4-1-9(2-5-12)14-8-10-7-11(15(17)18)3-6-13(10)19-14/h1-8,16H. The predicted molar refractivity (Wildman–Crippen MR) is 70.0 cm³/mol. The summed E-state index contributed by atoms with van der Waals surface area (Å²) in [5, 5.41) is 20.6. The third kappa shape index (κ3) is 2.01. The smallest absolute Gasteiger partial charge is 0.270 e. The van der Waals surface area contributed by atoms with Gasteiger partial charge in [-0.05, 0) is 36.4 Å². The summed E-state index contributed by atoms with van der Waals surface area (Å²) in [5.74, 6) is 0.783. The van der Waals surface area contributed by atoms with Crippen LogP contribution in [0, 0.1) is 10.1 Å². The van der Waals surface area contributed by atoms with Crippen molar-refractivity contribution in [2.75, 3.05) is 0 Å². The zero-order valence-electron chi connectivity index (χ0n) is 9.74. The fourth-order valence-corrected chi connectivity index (χ4v) is 1.91. The van der Waals surface area contributed by atoms with Gasteiger partial charge >= 0.3 is 0 Å². The molecular formula is C14H9NO4. The first-order valence-corrected chi connectivity index (χ1v) is 5.61. The minimum absolute atomic E-state index is 0.0329. The minimum Gasteiger partial charge on any atom is -0.508 e. The van der Waals surface area contributed by atoms with Gasteiger partial charge in [-0.2, -0.15) is 0 Å². The van der Waals surface area contributed by atoms with Gasteiger partial charge in [-0.1, -0.05) is 0 Å². The molecular weight excluding hydrogens is 246 g/mol. The number of rotatable bonds is 2. The second kappa shape index (κ2) is 4.13. The van der Waals surface area contributed by atoms with Crippen LogP contribution in [0.5, 0.6) is 5.75 Å². The van der Waals surface area contributed by atoms with Crippen LogP contribution >= 0.6 is 0 Å². The molecule has 1 N–H and O–H groups in total. The van der Waals surface area contributed by atoms with Gasteiger partial charge in [0, 0.05) is 23.1 Å². The van der Waals surface area contributed by atoms with E-state index in [1.165, 1.54) is 12.1 Å². The van der Waals surface area contributed by atoms with Crippen molar-refractivity contribution in [3.05, 3.63) is 58.6 Å². The quantitative estimate of drug-likeness (QED) is 0.559. The van der Waals surface area contributed by atoms with Crippen molar-refractivity contribution in [2.24, 2.45) is 0 Å². The number of hydrogen-bond donors (Lipinski definition) is 1. The summed E-state index contributed by atoms with van der Waals surface area (Å²) in [6.45, 7) is 0. The van der Waals surface area contributed by atoms with Crippen molar-refractivity contribution in [3.8, 4) is 17.1 Å². The van der Waals surface area contributed by atoms with E-state index in [4.69, 9.17) is 4.42 Å². The van der Waals surface area contributed by atoms with Gasteiger partial charge in [-0.15, -0.1) is 0 Å². The summed E-state index contributed by atoms with van der Waals surface area (Å²) >= 11 is 0. The fourth-order valence-electron chi connectivity index (χ4n) is 1.91. The lowest BCUT2D eigenvalue weighted by Crippen LogP contribution is -1.85. The number of nitro groups is 1. The molecule has 94 valence electrons. The number of hydrogen-bond acceptors (Lipinski definition) is 4. The maximum Gasteiger partial charge on any atom is 0.270 e. The molecule has 1 heterocycles. The van der Waals surface area contributed by atoms with Gasteiger partial charge in [0.1, 0.15) is 17.1 Å². The Balaban J connectivity index is 2.11. The molecule has 0 aliphatic rings. The van der Waals surface area contributed by atoms with Crippen LogP contribution in [-0.4, -0.2) is 10.0 Å². The molecule has 5 nitrogen and oxygen atoms in total. The van der Waals surface area contributed by atoms with Crippen LogP contribution in [0.15, 0.2) is 52.9 Å². The van der Waals surface area contributed by atoms with E-state index < -0.39 is 4.92 Å². The molecule has 0 spiro atoms. The van der Waals surface area contributed by atoms with E-state index in [2.05, 4.69) is 0 Å². The highest BCUT2D eigenvalue weighted by Gasteiger charge is 2.11. The number of non-ortho nitro benzene ring substituents is 1. The number of aromatic hydroxyl groups is 1. The van der Waals surface area contributed by atoms with Gasteiger partial charge in [0.05, 0.1) is 4.92 Å². The highest BCUT2D eigenvalue weighted by Crippen LogP contribution is 2.30. The van der Waals surface area contributed by atoms with Crippen LogP contribution in [-0.2, 0) is 0 Å². The Hall–Kier alpha value is -2.82. The van der Waals surface area contributed by atoms with E-state index in [1.54, 1.807) is 36.4 Å². The number of phenolic OH excluding ortho intramolecular Hbond substituents is 1. The Labute approximate surface area is 107 Å². The highest BCUT2D eigenvalue weighted by atomic mass is 16.6. The van der Waals surface area contributed by atoms with Gasteiger partial charge in [0.15, 0.2) is 0 Å². The van der Waals surface area contributed by atoms with Crippen LogP contribution in [0.1, 0.15) is 0 Å². The topological polar surface area (TPSA) is 76.5 Å². The first-order valence-electron chi connectivity index (χ1n) is 5.61. The SMILES string of the molecule is O=[N+]([O-])c1ccc2oc(-c3ccc(O)cc3)cc2c1. The summed E-state index contributed by atoms with van der Waals surface area (Å²) in [7, 11) is 0. The van der Waals surface area contributed by atoms with Crippen molar-refractivity contribution in [3.63, 3.8) is 0 Å². The molecule has 0 atom stereocenters. The molecule has 1 aromatic heterocycles. The van der Waals surface area contributed by atoms with E-state index in [-0.39, 0.29) is 11.4 Å². The average Bonchev–Trinajstić information content (AvgIpc) is 2.82. The summed E-state index contributed by atoms with van der Waals surface area (Å²) in [6.07, 6.45) is 0. The molecule has 2 aromatic carbocycles. The molecule has 0 saturated heterocycles. The van der Waals surface area contributed by atoms with Crippen LogP contribution in [0.3, 0.4) is 0 Å². The third-order valence-corrected chi connectivity index (χ3v) is 2.86. The number of benzene rings is 2. The van der Waals surface area contributed by atoms with Gasteiger partial charge in [0.2, 0.25) is 0 Å². The van der Waals surface area contributed by atoms with E-state index in [0.29, 0.717) is 16.7 Å². The van der Waals surface area contributed by atoms with Gasteiger partial charge in [-0.3, -0.25) is 10.1 Å². The lowest BCUT2D eigenvalue weighted by molar-refractivity contribution is -0.384. The second-order valence-corrected chi connectivity index (χ2v) is 4.14. The van der Waals surface area contributed by atoms with E-state index in [9.17, 15) is 15.2 Å². The Bertz CT molecular complexity index is 759. The van der Waals surface area contributed by atoms with Crippen molar-refractivity contribution in [2.45, 2.75) is 0 Å². The molecule has 3 aromatic rings. The largest absolute Gasteiger partial charge is 0.508 e. The molecule has 0 aliphatic carbocycles. The fraction of sp³-hybridized carbons (Fsp3) is 0. The van der Waals surface area contributed by atoms with Crippen LogP contribution in [0.25, 0.3) is 22.3 Å². The minimum atomic E-state index is -0.438. The molecule has 0 radical (unpaired) electrons. The molecule has 0 amide bonds. The third-order valence-electron chi connectivity index (χ3n) is 2.86. The Kier molecular flexibility index (Phi) is 2.45. The first-order chi connectivity index (χ1) is 9.13. The maximum absolute atomic E-state index is 10.7. The molecule has 0 fully saturated rings. The molecule has 19 heavy (non-hydrogen) atoms. The van der Waals surface area contributed by atoms with E-state index in [1.807, 2.05) is 0 Å². The predicted octanol–water partition coefficient (Wildman–Crippen LogP) is 3.71. The molecule has 0 aliphatic heterocycles. The van der Waals surface area contributed by atoms with Crippen molar-refractivity contribution < 1.29 is 14.4 Å². The zero-order valence-corrected chi connectivity index (χ0v) is 9.74. The highest BCUT2D eigenvalue weighted by molar-refractivity contribution is 5.84. The van der Waals surface area contributed by atoms with E-state index in [0.717, 1.165) is 5.56 Å². The van der Waals surface area contributed by atoms with Crippen LogP contribution in [0.4, 0.5) is 5.69 Å². The average molecular weight is 255 g/mol. The first kappa shape index (κ1) is 11.3. The summed E-state index contributed by atoms with van der Waals surface area (Å²) in [4.78, 5) is 10.3. The molecule has 0 bridgehead atoms. The number of phenols is 1. The van der Waals surface area contributed by atoms with Gasteiger partial charge in [-0.25, -0.2) is 0 Å². The molecule has 0 unspecified atom stereocenters. The lowest BCUT2D eigenvalue weighted by Gasteiger charge is -1.95. The number of nitro benzene ring substituents is 1. The number of nitrogens with zero attached hydrogens (tertiary/aromatic N) is 1. The van der Waals surface area contributed by atoms with Gasteiger partial charge < -0.3 is 9.52 Å². The zero-order chi connectivity index (χ0) is 13.4. The molecule has 3 rings (SSSR count). The summed E-state index contributed by atoms with van der Waals surface area (Å²) in [6, 6.07) is 12.8. The monoisotopic (exact) mass is 255 g/mol. The number of furan rings is 1. The summed E-state index contributed by atoms with van der Waals surface area (Å²) < 4.78 is 5.62. The van der Waals surface area contributed by atoms with E-state index >= 15 is 0 Å². The van der Waals surface area contributed by atoms with Crippen molar-refractivity contribution >= 4 is 16.7 Å². The lowest BCUT2D eigenvalue weighted by atomic mass is 10.1. The maximum atomic E-state index is 10.7. The Morgan fingerprint density at radius 1 is 1.05 bits per heavy atom. The van der Waals surface area contributed by atoms with Crippen LogP contribution in [0.2, 0.25) is 0 Å². The molecule has 0 saturated carbocycles.